The van der Waals surface area contributed by atoms with Crippen LogP contribution in [0.4, 0.5) is 9.59 Å². The standard InChI is InChI=1S/C9H10O8/c10-7(11)5-3-1-2-4-6(5)15-9(14)17-16-8(12)13/h1-2,5-6H,3-4H2,(H,10,11)(H,12,13). The maximum absolute atomic E-state index is 10.9. The zero-order valence-corrected chi connectivity index (χ0v) is 8.57. The summed E-state index contributed by atoms with van der Waals surface area (Å²) in [5.74, 6) is -1.98. The molecule has 2 N–H and O–H groups in total. The van der Waals surface area contributed by atoms with Crippen molar-refractivity contribution in [2.24, 2.45) is 5.92 Å². The predicted molar refractivity (Wildman–Crippen MR) is 50.0 cm³/mol. The quantitative estimate of drug-likeness (QED) is 0.322. The van der Waals surface area contributed by atoms with E-state index < -0.39 is 30.3 Å². The van der Waals surface area contributed by atoms with Gasteiger partial charge in [-0.15, -0.1) is 0 Å². The van der Waals surface area contributed by atoms with Gasteiger partial charge >= 0.3 is 18.3 Å². The van der Waals surface area contributed by atoms with Crippen LogP contribution in [0.2, 0.25) is 0 Å². The van der Waals surface area contributed by atoms with E-state index in [0.29, 0.717) is 0 Å². The van der Waals surface area contributed by atoms with Crippen LogP contribution in [0.5, 0.6) is 0 Å². The fraction of sp³-hybridized carbons (Fsp3) is 0.444. The molecule has 0 aliphatic heterocycles. The van der Waals surface area contributed by atoms with Gasteiger partial charge in [-0.25, -0.2) is 9.68 Å². The van der Waals surface area contributed by atoms with Crippen molar-refractivity contribution in [2.75, 3.05) is 0 Å². The minimum absolute atomic E-state index is 0.221. The topological polar surface area (TPSA) is 119 Å². The van der Waals surface area contributed by atoms with Gasteiger partial charge in [-0.3, -0.25) is 4.79 Å². The Morgan fingerprint density at radius 1 is 1.06 bits per heavy atom. The number of allylic oxidation sites excluding steroid dienone is 1. The number of carboxylic acid groups (broad SMARTS) is 2. The van der Waals surface area contributed by atoms with Gasteiger partial charge in [0.15, 0.2) is 0 Å². The molecule has 0 radical (unpaired) electrons. The van der Waals surface area contributed by atoms with Gasteiger partial charge in [-0.2, -0.15) is 9.68 Å². The van der Waals surface area contributed by atoms with E-state index in [2.05, 4.69) is 14.5 Å². The molecule has 1 aliphatic carbocycles. The third-order valence-electron chi connectivity index (χ3n) is 2.12. The molecular formula is C9H10O8. The van der Waals surface area contributed by atoms with E-state index in [-0.39, 0.29) is 12.8 Å². The minimum Gasteiger partial charge on any atom is -0.481 e. The average Bonchev–Trinajstić information content (AvgIpc) is 2.27. The van der Waals surface area contributed by atoms with Crippen LogP contribution in [0.3, 0.4) is 0 Å². The largest absolute Gasteiger partial charge is 0.550 e. The van der Waals surface area contributed by atoms with Crippen molar-refractivity contribution in [2.45, 2.75) is 18.9 Å². The first kappa shape index (κ1) is 12.8. The lowest BCUT2D eigenvalue weighted by atomic mass is 9.91. The lowest BCUT2D eigenvalue weighted by molar-refractivity contribution is -0.219. The summed E-state index contributed by atoms with van der Waals surface area (Å²) in [5, 5.41) is 16.9. The number of hydrogen-bond acceptors (Lipinski definition) is 6. The summed E-state index contributed by atoms with van der Waals surface area (Å²) in [4.78, 5) is 38.9. The number of carboxylic acids is 1. The van der Waals surface area contributed by atoms with Crippen LogP contribution in [0.25, 0.3) is 0 Å². The molecule has 0 aromatic carbocycles. The van der Waals surface area contributed by atoms with Crippen LogP contribution < -0.4 is 0 Å². The van der Waals surface area contributed by atoms with Gasteiger partial charge in [0.25, 0.3) is 0 Å². The molecule has 0 bridgehead atoms. The molecule has 0 saturated carbocycles. The number of carbonyl (C=O) groups excluding carboxylic acids is 1. The Hall–Kier alpha value is -2.25. The Kier molecular flexibility index (Phi) is 4.32. The van der Waals surface area contributed by atoms with Crippen molar-refractivity contribution in [3.8, 4) is 0 Å². The molecule has 1 aliphatic rings. The van der Waals surface area contributed by atoms with Crippen LogP contribution in [0, 0.1) is 5.92 Å². The fourth-order valence-corrected chi connectivity index (χ4v) is 1.39. The summed E-state index contributed by atoms with van der Waals surface area (Å²) >= 11 is 0. The van der Waals surface area contributed by atoms with E-state index in [4.69, 9.17) is 10.2 Å². The van der Waals surface area contributed by atoms with Crippen molar-refractivity contribution < 1.29 is 39.1 Å². The van der Waals surface area contributed by atoms with Gasteiger partial charge in [0, 0.05) is 6.42 Å². The average molecular weight is 246 g/mol. The summed E-state index contributed by atoms with van der Waals surface area (Å²) in [6.45, 7) is 0. The van der Waals surface area contributed by atoms with E-state index in [9.17, 15) is 14.4 Å². The predicted octanol–water partition coefficient (Wildman–Crippen LogP) is 1.17. The Balaban J connectivity index is 2.48. The van der Waals surface area contributed by atoms with Crippen LogP contribution in [-0.2, 0) is 19.3 Å². The molecule has 8 heteroatoms. The van der Waals surface area contributed by atoms with Crippen molar-refractivity contribution in [3.05, 3.63) is 12.2 Å². The maximum Gasteiger partial charge on any atom is 0.550 e. The first-order valence-electron chi connectivity index (χ1n) is 4.66. The molecule has 0 heterocycles. The SMILES string of the molecule is O=C(O)OOC(=O)OC1CC=CCC1C(=O)O. The third kappa shape index (κ3) is 4.01. The summed E-state index contributed by atoms with van der Waals surface area (Å²) in [6, 6.07) is 0. The summed E-state index contributed by atoms with van der Waals surface area (Å²) in [7, 11) is 0. The number of aliphatic carboxylic acids is 1. The maximum atomic E-state index is 10.9. The Labute approximate surface area is 95.3 Å². The molecule has 0 saturated heterocycles. The molecule has 2 unspecified atom stereocenters. The molecule has 0 fully saturated rings. The first-order chi connectivity index (χ1) is 8.00. The van der Waals surface area contributed by atoms with Gasteiger partial charge in [0.1, 0.15) is 6.10 Å². The van der Waals surface area contributed by atoms with Gasteiger partial charge < -0.3 is 14.9 Å². The van der Waals surface area contributed by atoms with Crippen molar-refractivity contribution >= 4 is 18.3 Å². The van der Waals surface area contributed by atoms with E-state index in [0.717, 1.165) is 0 Å². The van der Waals surface area contributed by atoms with E-state index in [1.165, 1.54) is 0 Å². The van der Waals surface area contributed by atoms with E-state index in [1.807, 2.05) is 0 Å². The Bertz CT molecular complexity index is 347. The third-order valence-corrected chi connectivity index (χ3v) is 2.12. The van der Waals surface area contributed by atoms with E-state index >= 15 is 0 Å². The van der Waals surface area contributed by atoms with Gasteiger partial charge in [-0.05, 0) is 6.42 Å². The van der Waals surface area contributed by atoms with Crippen LogP contribution >= 0.6 is 0 Å². The lowest BCUT2D eigenvalue weighted by Crippen LogP contribution is -2.34. The Morgan fingerprint density at radius 2 is 1.71 bits per heavy atom. The van der Waals surface area contributed by atoms with Crippen LogP contribution in [0.15, 0.2) is 12.2 Å². The van der Waals surface area contributed by atoms with Gasteiger partial charge in [0.05, 0.1) is 5.92 Å². The second-order valence-electron chi connectivity index (χ2n) is 3.23. The molecule has 2 atom stereocenters. The monoisotopic (exact) mass is 246 g/mol. The van der Waals surface area contributed by atoms with Crippen molar-refractivity contribution in [3.63, 3.8) is 0 Å². The minimum atomic E-state index is -1.81. The number of hydrogen-bond donors (Lipinski definition) is 2. The van der Waals surface area contributed by atoms with Crippen molar-refractivity contribution in [1.82, 2.24) is 0 Å². The number of carbonyl (C=O) groups is 3. The molecule has 0 amide bonds. The van der Waals surface area contributed by atoms with Gasteiger partial charge in [0.2, 0.25) is 0 Å². The zero-order valence-electron chi connectivity index (χ0n) is 8.57. The summed E-state index contributed by atoms with van der Waals surface area (Å²) in [5.41, 5.74) is 0. The highest BCUT2D eigenvalue weighted by Gasteiger charge is 2.32. The molecule has 8 nitrogen and oxygen atoms in total. The highest BCUT2D eigenvalue weighted by molar-refractivity contribution is 5.72. The summed E-state index contributed by atoms with van der Waals surface area (Å²) < 4.78 is 4.63. The van der Waals surface area contributed by atoms with Crippen molar-refractivity contribution in [1.29, 1.82) is 0 Å². The molecule has 94 valence electrons. The zero-order chi connectivity index (χ0) is 12.8. The highest BCUT2D eigenvalue weighted by Crippen LogP contribution is 2.22. The molecule has 0 aromatic heterocycles. The summed E-state index contributed by atoms with van der Waals surface area (Å²) in [6.07, 6.45) is -0.319. The van der Waals surface area contributed by atoms with Crippen LogP contribution in [-0.4, -0.2) is 34.6 Å². The molecular weight excluding hydrogens is 236 g/mol. The normalized spacial score (nSPS) is 22.6. The smallest absolute Gasteiger partial charge is 0.481 e. The first-order valence-corrected chi connectivity index (χ1v) is 4.66. The Morgan fingerprint density at radius 3 is 2.29 bits per heavy atom. The fourth-order valence-electron chi connectivity index (χ4n) is 1.39. The lowest BCUT2D eigenvalue weighted by Gasteiger charge is -2.23. The molecule has 0 spiro atoms. The molecule has 17 heavy (non-hydrogen) atoms. The van der Waals surface area contributed by atoms with Crippen LogP contribution in [0.1, 0.15) is 12.8 Å². The number of ether oxygens (including phenoxy) is 1. The second kappa shape index (κ2) is 5.73. The van der Waals surface area contributed by atoms with Gasteiger partial charge in [-0.1, -0.05) is 12.2 Å². The highest BCUT2D eigenvalue weighted by atomic mass is 17.3. The van der Waals surface area contributed by atoms with E-state index in [1.54, 1.807) is 12.2 Å². The number of rotatable bonds is 2. The molecule has 1 rings (SSSR count). The molecule has 0 aromatic rings. The second-order valence-corrected chi connectivity index (χ2v) is 3.23.